The van der Waals surface area contributed by atoms with E-state index in [1.807, 2.05) is 37.3 Å². The zero-order chi connectivity index (χ0) is 21.8. The smallest absolute Gasteiger partial charge is 0.256 e. The van der Waals surface area contributed by atoms with Crippen molar-refractivity contribution in [2.75, 3.05) is 24.4 Å². The first-order chi connectivity index (χ1) is 15.1. The predicted octanol–water partition coefficient (Wildman–Crippen LogP) is 2.53. The summed E-state index contributed by atoms with van der Waals surface area (Å²) in [5.41, 5.74) is 2.39. The van der Waals surface area contributed by atoms with Crippen molar-refractivity contribution in [3.8, 4) is 5.75 Å². The first kappa shape index (κ1) is 20.5. The van der Waals surface area contributed by atoms with Crippen molar-refractivity contribution in [1.29, 1.82) is 0 Å². The van der Waals surface area contributed by atoms with Crippen molar-refractivity contribution >= 4 is 17.5 Å². The van der Waals surface area contributed by atoms with Gasteiger partial charge in [0.05, 0.1) is 24.1 Å². The standard InChI is InChI=1S/C22H24N6O3/c1-14-19(21(30)25-15-8-3-4-10-17(15)31-2)20(16-9-5-6-12-23-16)28-22(24-14)26-18(27-28)11-7-13-29/h3-6,8-10,12,20,29H,7,11,13H2,1-2H3,(H,25,30)(H,24,26,27). The number of hydrogen-bond acceptors (Lipinski definition) is 7. The van der Waals surface area contributed by atoms with Crippen molar-refractivity contribution in [1.82, 2.24) is 19.7 Å². The van der Waals surface area contributed by atoms with Gasteiger partial charge in [-0.2, -0.15) is 10.1 Å². The van der Waals surface area contributed by atoms with E-state index in [1.54, 1.807) is 30.1 Å². The number of aliphatic hydroxyl groups is 1. The molecule has 0 radical (unpaired) electrons. The SMILES string of the molecule is COc1ccccc1NC(=O)C1=C(C)Nc2nc(CCCO)nn2C1c1ccccn1. The molecular formula is C22H24N6O3. The Morgan fingerprint density at radius 3 is 2.81 bits per heavy atom. The first-order valence-electron chi connectivity index (χ1n) is 10.0. The third-order valence-electron chi connectivity index (χ3n) is 5.02. The zero-order valence-corrected chi connectivity index (χ0v) is 17.4. The summed E-state index contributed by atoms with van der Waals surface area (Å²) in [6.45, 7) is 1.89. The molecule has 0 bridgehead atoms. The molecule has 1 aliphatic heterocycles. The molecule has 4 rings (SSSR count). The van der Waals surface area contributed by atoms with Crippen LogP contribution in [0.5, 0.6) is 5.75 Å². The number of rotatable bonds is 7. The number of amides is 1. The van der Waals surface area contributed by atoms with Crippen LogP contribution in [0.4, 0.5) is 11.6 Å². The van der Waals surface area contributed by atoms with E-state index in [2.05, 4.69) is 25.7 Å². The largest absolute Gasteiger partial charge is 0.495 e. The molecule has 1 unspecified atom stereocenters. The van der Waals surface area contributed by atoms with Crippen molar-refractivity contribution in [2.24, 2.45) is 0 Å². The number of para-hydroxylation sites is 2. The van der Waals surface area contributed by atoms with Crippen LogP contribution >= 0.6 is 0 Å². The van der Waals surface area contributed by atoms with Gasteiger partial charge in [-0.1, -0.05) is 18.2 Å². The molecule has 0 fully saturated rings. The second kappa shape index (κ2) is 8.97. The molecule has 3 aromatic rings. The number of nitrogens with one attached hydrogen (secondary N) is 2. The molecule has 2 aromatic heterocycles. The molecule has 1 amide bonds. The highest BCUT2D eigenvalue weighted by Crippen LogP contribution is 2.35. The summed E-state index contributed by atoms with van der Waals surface area (Å²) < 4.78 is 7.04. The average Bonchev–Trinajstić information content (AvgIpc) is 3.19. The number of nitrogens with zero attached hydrogens (tertiary/aromatic N) is 4. The lowest BCUT2D eigenvalue weighted by molar-refractivity contribution is -0.113. The Balaban J connectivity index is 1.74. The summed E-state index contributed by atoms with van der Waals surface area (Å²) in [6, 6.07) is 12.2. The molecule has 160 valence electrons. The fourth-order valence-electron chi connectivity index (χ4n) is 3.58. The maximum Gasteiger partial charge on any atom is 0.256 e. The van der Waals surface area contributed by atoms with Gasteiger partial charge in [-0.25, -0.2) is 4.68 Å². The number of aromatic nitrogens is 4. The van der Waals surface area contributed by atoms with Gasteiger partial charge in [0.1, 0.15) is 11.8 Å². The van der Waals surface area contributed by atoms with Gasteiger partial charge in [0, 0.05) is 24.9 Å². The molecule has 9 nitrogen and oxygen atoms in total. The van der Waals surface area contributed by atoms with E-state index in [9.17, 15) is 4.79 Å². The van der Waals surface area contributed by atoms with Gasteiger partial charge in [-0.05, 0) is 37.6 Å². The summed E-state index contributed by atoms with van der Waals surface area (Å²) in [7, 11) is 1.56. The topological polar surface area (TPSA) is 114 Å². The quantitative estimate of drug-likeness (QED) is 0.538. The third-order valence-corrected chi connectivity index (χ3v) is 5.02. The van der Waals surface area contributed by atoms with E-state index >= 15 is 0 Å². The maximum atomic E-state index is 13.4. The summed E-state index contributed by atoms with van der Waals surface area (Å²) >= 11 is 0. The second-order valence-corrected chi connectivity index (χ2v) is 7.10. The Morgan fingerprint density at radius 1 is 1.26 bits per heavy atom. The zero-order valence-electron chi connectivity index (χ0n) is 17.4. The Morgan fingerprint density at radius 2 is 2.06 bits per heavy atom. The van der Waals surface area contributed by atoms with Gasteiger partial charge >= 0.3 is 0 Å². The number of pyridine rings is 1. The van der Waals surface area contributed by atoms with E-state index in [0.717, 1.165) is 0 Å². The van der Waals surface area contributed by atoms with Crippen LogP contribution in [0.1, 0.15) is 30.9 Å². The van der Waals surface area contributed by atoms with Crippen molar-refractivity contribution < 1.29 is 14.6 Å². The summed E-state index contributed by atoms with van der Waals surface area (Å²) in [5, 5.41) is 19.9. The van der Waals surface area contributed by atoms with E-state index in [1.165, 1.54) is 0 Å². The van der Waals surface area contributed by atoms with Gasteiger partial charge < -0.3 is 20.5 Å². The number of allylic oxidation sites excluding steroid dienone is 1. The second-order valence-electron chi connectivity index (χ2n) is 7.10. The number of anilines is 2. The van der Waals surface area contributed by atoms with Crippen molar-refractivity contribution in [3.05, 3.63) is 71.4 Å². The molecular weight excluding hydrogens is 396 g/mol. The fourth-order valence-corrected chi connectivity index (χ4v) is 3.58. The lowest BCUT2D eigenvalue weighted by Crippen LogP contribution is -2.32. The third kappa shape index (κ3) is 4.13. The lowest BCUT2D eigenvalue weighted by atomic mass is 9.98. The normalized spacial score (nSPS) is 15.3. The van der Waals surface area contributed by atoms with Gasteiger partial charge in [-0.3, -0.25) is 9.78 Å². The minimum atomic E-state index is -0.553. The Labute approximate surface area is 179 Å². The van der Waals surface area contributed by atoms with E-state index in [0.29, 0.717) is 53.0 Å². The summed E-state index contributed by atoms with van der Waals surface area (Å²) in [5.74, 6) is 1.41. The van der Waals surface area contributed by atoms with Crippen LogP contribution in [0.3, 0.4) is 0 Å². The molecule has 3 N–H and O–H groups in total. The minimum absolute atomic E-state index is 0.0603. The van der Waals surface area contributed by atoms with E-state index in [-0.39, 0.29) is 12.5 Å². The highest BCUT2D eigenvalue weighted by atomic mass is 16.5. The number of methoxy groups -OCH3 is 1. The number of hydrogen-bond donors (Lipinski definition) is 3. The van der Waals surface area contributed by atoms with Gasteiger partial charge in [0.15, 0.2) is 5.82 Å². The molecule has 1 atom stereocenters. The predicted molar refractivity (Wildman–Crippen MR) is 116 cm³/mol. The maximum absolute atomic E-state index is 13.4. The minimum Gasteiger partial charge on any atom is -0.495 e. The van der Waals surface area contributed by atoms with Crippen LogP contribution in [0, 0.1) is 0 Å². The van der Waals surface area contributed by atoms with Crippen LogP contribution in [0.2, 0.25) is 0 Å². The molecule has 0 saturated heterocycles. The van der Waals surface area contributed by atoms with Crippen molar-refractivity contribution in [3.63, 3.8) is 0 Å². The molecule has 31 heavy (non-hydrogen) atoms. The molecule has 0 saturated carbocycles. The Hall–Kier alpha value is -3.72. The number of fused-ring (bicyclic) bond motifs is 1. The molecule has 9 heteroatoms. The summed E-state index contributed by atoms with van der Waals surface area (Å²) in [4.78, 5) is 22.5. The van der Waals surface area contributed by atoms with Crippen molar-refractivity contribution in [2.45, 2.75) is 25.8 Å². The molecule has 0 aliphatic carbocycles. The number of carbonyl (C=O) groups is 1. The van der Waals surface area contributed by atoms with Crippen LogP contribution in [0.25, 0.3) is 0 Å². The summed E-state index contributed by atoms with van der Waals surface area (Å²) in [6.07, 6.45) is 2.78. The number of carbonyl (C=O) groups excluding carboxylic acids is 1. The number of aliphatic hydroxyl groups excluding tert-OH is 1. The molecule has 3 heterocycles. The van der Waals surface area contributed by atoms with Crippen LogP contribution in [-0.2, 0) is 11.2 Å². The highest BCUT2D eigenvalue weighted by molar-refractivity contribution is 6.06. The number of benzene rings is 1. The average molecular weight is 420 g/mol. The van der Waals surface area contributed by atoms with Gasteiger partial charge in [-0.15, -0.1) is 0 Å². The van der Waals surface area contributed by atoms with Crippen LogP contribution < -0.4 is 15.4 Å². The van der Waals surface area contributed by atoms with Crippen LogP contribution in [0.15, 0.2) is 59.9 Å². The molecule has 1 aliphatic rings. The van der Waals surface area contributed by atoms with Gasteiger partial charge in [0.2, 0.25) is 5.95 Å². The van der Waals surface area contributed by atoms with Crippen LogP contribution in [-0.4, -0.2) is 44.5 Å². The molecule has 1 aromatic carbocycles. The Kier molecular flexibility index (Phi) is 5.94. The van der Waals surface area contributed by atoms with Gasteiger partial charge in [0.25, 0.3) is 5.91 Å². The van der Waals surface area contributed by atoms with E-state index in [4.69, 9.17) is 9.84 Å². The Bertz CT molecular complexity index is 1110. The highest BCUT2D eigenvalue weighted by Gasteiger charge is 2.35. The monoisotopic (exact) mass is 420 g/mol. The fraction of sp³-hybridized carbons (Fsp3) is 0.273. The lowest BCUT2D eigenvalue weighted by Gasteiger charge is -2.28. The van der Waals surface area contributed by atoms with E-state index < -0.39 is 6.04 Å². The number of ether oxygens (including phenoxy) is 1. The first-order valence-corrected chi connectivity index (χ1v) is 10.0. The number of aryl methyl sites for hydroxylation is 1. The molecule has 0 spiro atoms.